The summed E-state index contributed by atoms with van der Waals surface area (Å²) in [7, 11) is 0. The van der Waals surface area contributed by atoms with Crippen LogP contribution in [0, 0.1) is 0 Å². The third-order valence-electron chi connectivity index (χ3n) is 2.36. The van der Waals surface area contributed by atoms with E-state index in [9.17, 15) is 5.11 Å². The summed E-state index contributed by atoms with van der Waals surface area (Å²) in [5.41, 5.74) is 0. The Bertz CT molecular complexity index is 136. The standard InChI is InChI=1S/C9H17NO/c1-3-8-6-5-7-10(8)9(11)4-2/h3,8-9,11H,1,4-7H2,2H3/t8-,9?/m1/s1. The van der Waals surface area contributed by atoms with Crippen LogP contribution in [0.15, 0.2) is 12.7 Å². The van der Waals surface area contributed by atoms with Crippen LogP contribution in [0.1, 0.15) is 26.2 Å². The average molecular weight is 155 g/mol. The highest BCUT2D eigenvalue weighted by atomic mass is 16.3. The minimum absolute atomic E-state index is 0.263. The van der Waals surface area contributed by atoms with Gasteiger partial charge in [-0.1, -0.05) is 13.0 Å². The van der Waals surface area contributed by atoms with Gasteiger partial charge < -0.3 is 5.11 Å². The van der Waals surface area contributed by atoms with E-state index in [1.807, 2.05) is 13.0 Å². The largest absolute Gasteiger partial charge is 0.378 e. The van der Waals surface area contributed by atoms with E-state index in [2.05, 4.69) is 11.5 Å². The predicted octanol–water partition coefficient (Wildman–Crippen LogP) is 1.37. The molecule has 1 rings (SSSR count). The number of hydrogen-bond donors (Lipinski definition) is 1. The molecule has 0 amide bonds. The predicted molar refractivity (Wildman–Crippen MR) is 46.2 cm³/mol. The van der Waals surface area contributed by atoms with Crippen molar-refractivity contribution < 1.29 is 5.11 Å². The molecule has 1 fully saturated rings. The highest BCUT2D eigenvalue weighted by Crippen LogP contribution is 2.20. The summed E-state index contributed by atoms with van der Waals surface area (Å²) in [5.74, 6) is 0. The van der Waals surface area contributed by atoms with Crippen LogP contribution in [0.5, 0.6) is 0 Å². The van der Waals surface area contributed by atoms with Crippen LogP contribution in [0.2, 0.25) is 0 Å². The summed E-state index contributed by atoms with van der Waals surface area (Å²) >= 11 is 0. The van der Waals surface area contributed by atoms with E-state index in [-0.39, 0.29) is 6.23 Å². The topological polar surface area (TPSA) is 23.5 Å². The van der Waals surface area contributed by atoms with Crippen molar-refractivity contribution in [2.24, 2.45) is 0 Å². The monoisotopic (exact) mass is 155 g/mol. The van der Waals surface area contributed by atoms with E-state index in [0.717, 1.165) is 19.4 Å². The molecule has 1 heterocycles. The molecule has 1 aliphatic heterocycles. The second-order valence-electron chi connectivity index (χ2n) is 3.07. The van der Waals surface area contributed by atoms with Crippen LogP contribution >= 0.6 is 0 Å². The number of hydrogen-bond acceptors (Lipinski definition) is 2. The van der Waals surface area contributed by atoms with Gasteiger partial charge in [-0.05, 0) is 19.3 Å². The lowest BCUT2D eigenvalue weighted by molar-refractivity contribution is 0.00298. The number of aliphatic hydroxyl groups is 1. The van der Waals surface area contributed by atoms with Gasteiger partial charge in [0.1, 0.15) is 6.23 Å². The van der Waals surface area contributed by atoms with Crippen molar-refractivity contribution in [3.8, 4) is 0 Å². The van der Waals surface area contributed by atoms with Crippen molar-refractivity contribution in [1.82, 2.24) is 4.90 Å². The van der Waals surface area contributed by atoms with Gasteiger partial charge in [0.15, 0.2) is 0 Å². The smallest absolute Gasteiger partial charge is 0.107 e. The van der Waals surface area contributed by atoms with Crippen LogP contribution in [0.4, 0.5) is 0 Å². The first kappa shape index (κ1) is 8.75. The molecule has 0 aromatic heterocycles. The molecule has 0 aromatic carbocycles. The Labute approximate surface area is 68.5 Å². The van der Waals surface area contributed by atoms with Crippen molar-refractivity contribution in [1.29, 1.82) is 0 Å². The van der Waals surface area contributed by atoms with E-state index in [1.54, 1.807) is 0 Å². The van der Waals surface area contributed by atoms with Crippen LogP contribution in [-0.2, 0) is 0 Å². The summed E-state index contributed by atoms with van der Waals surface area (Å²) in [6.45, 7) is 6.78. The lowest BCUT2D eigenvalue weighted by Gasteiger charge is -2.26. The summed E-state index contributed by atoms with van der Waals surface area (Å²) < 4.78 is 0. The van der Waals surface area contributed by atoms with Gasteiger partial charge in [-0.25, -0.2) is 0 Å². The Morgan fingerprint density at radius 2 is 2.55 bits per heavy atom. The van der Waals surface area contributed by atoms with Gasteiger partial charge in [0.25, 0.3) is 0 Å². The molecule has 1 aliphatic rings. The van der Waals surface area contributed by atoms with Crippen molar-refractivity contribution in [3.63, 3.8) is 0 Å². The zero-order valence-corrected chi connectivity index (χ0v) is 7.16. The first-order valence-electron chi connectivity index (χ1n) is 4.36. The van der Waals surface area contributed by atoms with E-state index in [4.69, 9.17) is 0 Å². The molecule has 0 saturated carbocycles. The fourth-order valence-electron chi connectivity index (χ4n) is 1.67. The first-order chi connectivity index (χ1) is 5.29. The molecule has 2 heteroatoms. The van der Waals surface area contributed by atoms with Crippen molar-refractivity contribution in [3.05, 3.63) is 12.7 Å². The van der Waals surface area contributed by atoms with Crippen LogP contribution < -0.4 is 0 Å². The molecule has 0 bridgehead atoms. The molecular weight excluding hydrogens is 138 g/mol. The van der Waals surface area contributed by atoms with Gasteiger partial charge in [-0.3, -0.25) is 4.90 Å². The summed E-state index contributed by atoms with van der Waals surface area (Å²) in [6.07, 6.45) is 4.82. The maximum absolute atomic E-state index is 9.54. The second kappa shape index (κ2) is 3.88. The molecule has 0 aliphatic carbocycles. The minimum Gasteiger partial charge on any atom is -0.378 e. The van der Waals surface area contributed by atoms with Gasteiger partial charge in [-0.2, -0.15) is 0 Å². The zero-order chi connectivity index (χ0) is 8.27. The summed E-state index contributed by atoms with van der Waals surface area (Å²) in [6, 6.07) is 0.407. The van der Waals surface area contributed by atoms with Gasteiger partial charge in [0.2, 0.25) is 0 Å². The highest BCUT2D eigenvalue weighted by Gasteiger charge is 2.25. The summed E-state index contributed by atoms with van der Waals surface area (Å²) in [5, 5.41) is 9.54. The molecule has 2 atom stereocenters. The number of nitrogens with zero attached hydrogens (tertiary/aromatic N) is 1. The molecule has 2 nitrogen and oxygen atoms in total. The Kier molecular flexibility index (Phi) is 3.09. The molecular formula is C9H17NO. The van der Waals surface area contributed by atoms with Crippen LogP contribution in [0.3, 0.4) is 0 Å². The van der Waals surface area contributed by atoms with E-state index >= 15 is 0 Å². The molecule has 1 saturated heterocycles. The number of rotatable bonds is 3. The SMILES string of the molecule is C=C[C@@H]1CCCN1C(O)CC. The van der Waals surface area contributed by atoms with Crippen LogP contribution in [0.25, 0.3) is 0 Å². The molecule has 1 N–H and O–H groups in total. The highest BCUT2D eigenvalue weighted by molar-refractivity contribution is 4.92. The van der Waals surface area contributed by atoms with Crippen molar-refractivity contribution >= 4 is 0 Å². The molecule has 64 valence electrons. The van der Waals surface area contributed by atoms with E-state index in [1.165, 1.54) is 6.42 Å². The normalized spacial score (nSPS) is 28.7. The average Bonchev–Trinajstić information content (AvgIpc) is 2.50. The quantitative estimate of drug-likeness (QED) is 0.622. The Morgan fingerprint density at radius 3 is 3.09 bits per heavy atom. The lowest BCUT2D eigenvalue weighted by atomic mass is 10.2. The third-order valence-corrected chi connectivity index (χ3v) is 2.36. The molecule has 0 spiro atoms. The fraction of sp³-hybridized carbons (Fsp3) is 0.778. The number of aliphatic hydroxyl groups excluding tert-OH is 1. The summed E-state index contributed by atoms with van der Waals surface area (Å²) in [4.78, 5) is 2.12. The lowest BCUT2D eigenvalue weighted by Crippen LogP contribution is -2.37. The maximum Gasteiger partial charge on any atom is 0.107 e. The van der Waals surface area contributed by atoms with Crippen LogP contribution in [-0.4, -0.2) is 28.8 Å². The number of likely N-dealkylation sites (tertiary alicyclic amines) is 1. The van der Waals surface area contributed by atoms with Gasteiger partial charge in [0, 0.05) is 12.6 Å². The fourth-order valence-corrected chi connectivity index (χ4v) is 1.67. The Morgan fingerprint density at radius 1 is 1.82 bits per heavy atom. The van der Waals surface area contributed by atoms with Gasteiger partial charge in [-0.15, -0.1) is 6.58 Å². The molecule has 0 aromatic rings. The maximum atomic E-state index is 9.54. The van der Waals surface area contributed by atoms with E-state index < -0.39 is 0 Å². The zero-order valence-electron chi connectivity index (χ0n) is 7.16. The Hall–Kier alpha value is -0.340. The first-order valence-corrected chi connectivity index (χ1v) is 4.36. The van der Waals surface area contributed by atoms with E-state index in [0.29, 0.717) is 6.04 Å². The van der Waals surface area contributed by atoms with Crippen molar-refractivity contribution in [2.45, 2.75) is 38.5 Å². The van der Waals surface area contributed by atoms with Gasteiger partial charge >= 0.3 is 0 Å². The molecule has 1 unspecified atom stereocenters. The molecule has 11 heavy (non-hydrogen) atoms. The Balaban J connectivity index is 2.48. The van der Waals surface area contributed by atoms with Gasteiger partial charge in [0.05, 0.1) is 0 Å². The third kappa shape index (κ3) is 1.82. The van der Waals surface area contributed by atoms with Crippen molar-refractivity contribution in [2.75, 3.05) is 6.54 Å². The molecule has 0 radical (unpaired) electrons. The second-order valence-corrected chi connectivity index (χ2v) is 3.07. The minimum atomic E-state index is -0.263.